The molecule has 2 nitrogen and oxygen atoms in total. The Morgan fingerprint density at radius 1 is 1.40 bits per heavy atom. The molecule has 0 atom stereocenters. The average Bonchev–Trinajstić information content (AvgIpc) is 1.90. The summed E-state index contributed by atoms with van der Waals surface area (Å²) in [5.74, 6) is -0.169. The number of nitrogens with zero attached hydrogens (tertiary/aromatic N) is 1. The van der Waals surface area contributed by atoms with Crippen molar-refractivity contribution in [2.45, 2.75) is 0 Å². The summed E-state index contributed by atoms with van der Waals surface area (Å²) in [6.45, 7) is 3.24. The summed E-state index contributed by atoms with van der Waals surface area (Å²) in [5, 5.41) is 0. The third-order valence-electron chi connectivity index (χ3n) is 1.00. The van der Waals surface area contributed by atoms with E-state index >= 15 is 0 Å². The molecule has 3 heteroatoms. The first-order valence-corrected chi connectivity index (χ1v) is 2.57. The van der Waals surface area contributed by atoms with E-state index in [0.29, 0.717) is 5.56 Å². The van der Waals surface area contributed by atoms with Crippen LogP contribution in [0.3, 0.4) is 0 Å². The maximum atomic E-state index is 10.5. The molecule has 10 heavy (non-hydrogen) atoms. The minimum Gasteiger partial charge on any atom is -0.332 e. The van der Waals surface area contributed by atoms with Crippen LogP contribution in [0, 0.1) is 6.92 Å². The van der Waals surface area contributed by atoms with Gasteiger partial charge in [0, 0.05) is 18.2 Å². The van der Waals surface area contributed by atoms with Crippen LogP contribution in [0.5, 0.6) is 0 Å². The van der Waals surface area contributed by atoms with E-state index < -0.39 is 0 Å². The molecule has 0 aliphatic heterocycles. The molecule has 0 radical (unpaired) electrons. The molecule has 1 aromatic rings. The summed E-state index contributed by atoms with van der Waals surface area (Å²) in [6.07, 6.45) is 3.14. The molecular weight excluding hydrogens is 121 g/mol. The number of carbonyl (C=O) groups excluding carboxylic acids is 1. The zero-order valence-corrected chi connectivity index (χ0v) is 5.87. The summed E-state index contributed by atoms with van der Waals surface area (Å²) in [7, 11) is 0. The van der Waals surface area contributed by atoms with Crippen molar-refractivity contribution in [3.8, 4) is 0 Å². The van der Waals surface area contributed by atoms with Gasteiger partial charge in [0.1, 0.15) is 0 Å². The maximum Gasteiger partial charge on any atom is 1.00 e. The van der Waals surface area contributed by atoms with E-state index in [2.05, 4.69) is 11.9 Å². The molecule has 0 spiro atoms. The number of hydrogen-bond donors (Lipinski definition) is 0. The molecule has 0 aliphatic rings. The number of aromatic nitrogens is 1. The zero-order chi connectivity index (χ0) is 6.69. The fourth-order valence-corrected chi connectivity index (χ4v) is 0.538. The summed E-state index contributed by atoms with van der Waals surface area (Å²) >= 11 is 0. The fourth-order valence-electron chi connectivity index (χ4n) is 0.538. The number of rotatable bonds is 1. The molecule has 0 saturated carbocycles. The molecule has 0 aliphatic carbocycles. The molecule has 1 heterocycles. The van der Waals surface area contributed by atoms with Gasteiger partial charge in [-0.05, 0) is 0 Å². The number of hydrogen-bond acceptors (Lipinski definition) is 2. The summed E-state index contributed by atoms with van der Waals surface area (Å²) in [4.78, 5) is 14.3. The van der Waals surface area contributed by atoms with E-state index in [9.17, 15) is 4.79 Å². The van der Waals surface area contributed by atoms with Gasteiger partial charge in [-0.15, -0.1) is 17.7 Å². The van der Waals surface area contributed by atoms with Crippen molar-refractivity contribution >= 4 is 5.78 Å². The van der Waals surface area contributed by atoms with Crippen molar-refractivity contribution in [2.24, 2.45) is 0 Å². The van der Waals surface area contributed by atoms with Gasteiger partial charge >= 0.3 is 18.9 Å². The van der Waals surface area contributed by atoms with Gasteiger partial charge in [0.25, 0.3) is 0 Å². The molecule has 0 fully saturated rings. The Bertz CT molecular complexity index is 210. The van der Waals surface area contributed by atoms with Crippen LogP contribution in [0.1, 0.15) is 10.4 Å². The van der Waals surface area contributed by atoms with Crippen LogP contribution in [0.25, 0.3) is 0 Å². The normalized spacial score (nSPS) is 8.00. The summed E-state index contributed by atoms with van der Waals surface area (Å²) in [5.41, 5.74) is 0.602. The molecule has 0 bridgehead atoms. The van der Waals surface area contributed by atoms with Crippen molar-refractivity contribution in [1.29, 1.82) is 0 Å². The molecule has 0 amide bonds. The number of pyridine rings is 1. The van der Waals surface area contributed by atoms with Gasteiger partial charge in [0.2, 0.25) is 0 Å². The second kappa shape index (κ2) is 4.16. The second-order valence-electron chi connectivity index (χ2n) is 1.66. The Morgan fingerprint density at radius 2 is 1.90 bits per heavy atom. The second-order valence-corrected chi connectivity index (χ2v) is 1.66. The van der Waals surface area contributed by atoms with Gasteiger partial charge in [-0.1, -0.05) is 0 Å². The predicted octanol–water partition coefficient (Wildman–Crippen LogP) is -1.90. The van der Waals surface area contributed by atoms with Crippen LogP contribution in [0.2, 0.25) is 0 Å². The van der Waals surface area contributed by atoms with E-state index in [-0.39, 0.29) is 24.6 Å². The summed E-state index contributed by atoms with van der Waals surface area (Å²) < 4.78 is 0. The zero-order valence-electron chi connectivity index (χ0n) is 5.87. The van der Waals surface area contributed by atoms with Crippen LogP contribution < -0.4 is 18.9 Å². The largest absolute Gasteiger partial charge is 1.00 e. The third kappa shape index (κ3) is 2.26. The Morgan fingerprint density at radius 3 is 2.20 bits per heavy atom. The molecule has 0 unspecified atom stereocenters. The monoisotopic (exact) mass is 127 g/mol. The van der Waals surface area contributed by atoms with Gasteiger partial charge in [0.15, 0.2) is 0 Å². The van der Waals surface area contributed by atoms with Gasteiger partial charge in [-0.3, -0.25) is 4.98 Å². The van der Waals surface area contributed by atoms with Crippen molar-refractivity contribution < 1.29 is 23.7 Å². The quantitative estimate of drug-likeness (QED) is 0.250. The molecule has 46 valence electrons. The van der Waals surface area contributed by atoms with E-state index in [4.69, 9.17) is 0 Å². The topological polar surface area (TPSA) is 30.0 Å². The molecule has 0 aromatic carbocycles. The van der Waals surface area contributed by atoms with Crippen molar-refractivity contribution in [2.75, 3.05) is 0 Å². The SMILES string of the molecule is [CH2-]C(=O)c1ccncc1.[Li+]. The molecule has 1 rings (SSSR count). The van der Waals surface area contributed by atoms with Gasteiger partial charge in [-0.2, -0.15) is 6.92 Å². The van der Waals surface area contributed by atoms with E-state index in [1.807, 2.05) is 0 Å². The van der Waals surface area contributed by atoms with Crippen LogP contribution in [0.15, 0.2) is 24.5 Å². The van der Waals surface area contributed by atoms with Crippen LogP contribution >= 0.6 is 0 Å². The standard InChI is InChI=1S/C7H6NO.Li/c1-6(9)7-2-4-8-5-3-7;/h2-5H,1H2;/q-1;+1. The van der Waals surface area contributed by atoms with E-state index in [0.717, 1.165) is 0 Å². The number of Topliss-reactive ketones (excluding diaryl/α,β-unsaturated/α-hetero) is 1. The van der Waals surface area contributed by atoms with E-state index in [1.54, 1.807) is 24.5 Å². The number of carbonyl (C=O) groups is 1. The Hall–Kier alpha value is -0.713. The average molecular weight is 127 g/mol. The summed E-state index contributed by atoms with van der Waals surface area (Å²) in [6, 6.07) is 3.27. The molecule has 1 aromatic heterocycles. The van der Waals surface area contributed by atoms with Crippen molar-refractivity contribution in [3.63, 3.8) is 0 Å². The molecular formula is C7H6LiNO. The Labute approximate surface area is 71.8 Å². The third-order valence-corrected chi connectivity index (χ3v) is 1.00. The van der Waals surface area contributed by atoms with Crippen LogP contribution in [0.4, 0.5) is 0 Å². The smallest absolute Gasteiger partial charge is 0.332 e. The first-order valence-electron chi connectivity index (χ1n) is 2.57. The predicted molar refractivity (Wildman–Crippen MR) is 33.9 cm³/mol. The van der Waals surface area contributed by atoms with Crippen molar-refractivity contribution in [1.82, 2.24) is 4.98 Å². The van der Waals surface area contributed by atoms with Gasteiger partial charge in [0.05, 0.1) is 0 Å². The maximum absolute atomic E-state index is 10.5. The van der Waals surface area contributed by atoms with Crippen LogP contribution in [-0.4, -0.2) is 10.8 Å². The fraction of sp³-hybridized carbons (Fsp3) is 0. The van der Waals surface area contributed by atoms with E-state index in [1.165, 1.54) is 0 Å². The van der Waals surface area contributed by atoms with Crippen LogP contribution in [-0.2, 0) is 0 Å². The minimum absolute atomic E-state index is 0. The first-order chi connectivity index (χ1) is 4.30. The van der Waals surface area contributed by atoms with Gasteiger partial charge in [-0.25, -0.2) is 0 Å². The minimum atomic E-state index is -0.169. The Kier molecular flexibility index (Phi) is 3.86. The number of ketones is 1. The Balaban J connectivity index is 0.000000810. The van der Waals surface area contributed by atoms with Crippen molar-refractivity contribution in [3.05, 3.63) is 37.0 Å². The molecule has 0 N–H and O–H groups in total. The molecule has 0 saturated heterocycles. The first kappa shape index (κ1) is 9.29. The van der Waals surface area contributed by atoms with Gasteiger partial charge < -0.3 is 4.79 Å².